The third-order valence-electron chi connectivity index (χ3n) is 2.32. The van der Waals surface area contributed by atoms with Gasteiger partial charge in [0.15, 0.2) is 5.82 Å². The lowest BCUT2D eigenvalue weighted by atomic mass is 10.2. The van der Waals surface area contributed by atoms with Crippen molar-refractivity contribution in [2.24, 2.45) is 4.99 Å². The smallest absolute Gasteiger partial charge is 0.168 e. The number of hydrogen-bond donors (Lipinski definition) is 0. The number of nitrogens with zero attached hydrogens (tertiary/aromatic N) is 3. The van der Waals surface area contributed by atoms with Crippen molar-refractivity contribution in [2.75, 3.05) is 14.1 Å². The summed E-state index contributed by atoms with van der Waals surface area (Å²) in [6.45, 7) is 0. The molecule has 1 aliphatic rings. The number of rotatable bonds is 3. The third kappa shape index (κ3) is 2.85. The Morgan fingerprint density at radius 2 is 2.25 bits per heavy atom. The van der Waals surface area contributed by atoms with Crippen LogP contribution in [0.2, 0.25) is 5.02 Å². The van der Waals surface area contributed by atoms with Gasteiger partial charge in [-0.3, -0.25) is 0 Å². The second-order valence-corrected chi connectivity index (χ2v) is 5.63. The zero-order chi connectivity index (χ0) is 11.7. The van der Waals surface area contributed by atoms with Crippen LogP contribution in [0.5, 0.6) is 0 Å². The van der Waals surface area contributed by atoms with Crippen LogP contribution in [0.3, 0.4) is 0 Å². The van der Waals surface area contributed by atoms with Crippen LogP contribution in [-0.2, 0) is 0 Å². The fraction of sp³-hybridized carbons (Fsp3) is 0.455. The first-order valence-corrected chi connectivity index (χ1v) is 6.60. The van der Waals surface area contributed by atoms with Crippen molar-refractivity contribution in [1.29, 1.82) is 0 Å². The average molecular weight is 350 g/mol. The number of aromatic nitrogens is 1. The molecule has 0 aliphatic heterocycles. The zero-order valence-corrected chi connectivity index (χ0v) is 12.2. The molecule has 1 fully saturated rings. The summed E-state index contributed by atoms with van der Waals surface area (Å²) in [6, 6.07) is 1.97. The molecule has 1 saturated carbocycles. The van der Waals surface area contributed by atoms with E-state index >= 15 is 0 Å². The van der Waals surface area contributed by atoms with Gasteiger partial charge in [0.2, 0.25) is 0 Å². The Morgan fingerprint density at radius 3 is 2.81 bits per heavy atom. The van der Waals surface area contributed by atoms with Crippen molar-refractivity contribution in [2.45, 2.75) is 18.8 Å². The highest BCUT2D eigenvalue weighted by atomic mass is 127. The van der Waals surface area contributed by atoms with Gasteiger partial charge in [0, 0.05) is 25.7 Å². The first-order valence-electron chi connectivity index (χ1n) is 5.14. The minimum absolute atomic E-state index is 0.600. The molecule has 0 aromatic carbocycles. The van der Waals surface area contributed by atoms with Crippen LogP contribution in [0.4, 0.5) is 5.82 Å². The van der Waals surface area contributed by atoms with Crippen molar-refractivity contribution < 1.29 is 0 Å². The van der Waals surface area contributed by atoms with E-state index in [9.17, 15) is 0 Å². The zero-order valence-electron chi connectivity index (χ0n) is 9.24. The second-order valence-electron chi connectivity index (χ2n) is 4.15. The molecule has 1 aromatic heterocycles. The first-order chi connectivity index (χ1) is 7.58. The van der Waals surface area contributed by atoms with Gasteiger partial charge in [0.25, 0.3) is 0 Å². The molecule has 0 amide bonds. The van der Waals surface area contributed by atoms with Gasteiger partial charge in [-0.15, -0.1) is 0 Å². The highest BCUT2D eigenvalue weighted by Crippen LogP contribution is 2.41. The van der Waals surface area contributed by atoms with E-state index in [1.807, 2.05) is 25.1 Å². The molecule has 5 heteroatoms. The molecule has 0 N–H and O–H groups in total. The summed E-state index contributed by atoms with van der Waals surface area (Å²) in [5.41, 5.74) is 1.08. The third-order valence-corrected chi connectivity index (χ3v) is 4.00. The largest absolute Gasteiger partial charge is 0.369 e. The van der Waals surface area contributed by atoms with Crippen LogP contribution in [0.1, 0.15) is 24.5 Å². The molecule has 1 aliphatic carbocycles. The predicted octanol–water partition coefficient (Wildman–Crippen LogP) is 3.44. The quantitative estimate of drug-likeness (QED) is 0.475. The Kier molecular flexibility index (Phi) is 3.69. The predicted molar refractivity (Wildman–Crippen MR) is 75.8 cm³/mol. The lowest BCUT2D eigenvalue weighted by Gasteiger charge is -2.06. The molecule has 0 spiro atoms. The molecule has 16 heavy (non-hydrogen) atoms. The van der Waals surface area contributed by atoms with Gasteiger partial charge < -0.3 is 4.90 Å². The van der Waals surface area contributed by atoms with E-state index in [-0.39, 0.29) is 0 Å². The van der Waals surface area contributed by atoms with E-state index in [1.165, 1.54) is 12.8 Å². The lowest BCUT2D eigenvalue weighted by molar-refractivity contribution is 0.643. The lowest BCUT2D eigenvalue weighted by Crippen LogP contribution is -2.07. The SMILES string of the molecule is CN(C)/C=N/c1nc(C2CC2)cc(Cl)c1I. The molecule has 0 saturated heterocycles. The van der Waals surface area contributed by atoms with Gasteiger partial charge >= 0.3 is 0 Å². The van der Waals surface area contributed by atoms with Crippen molar-refractivity contribution in [3.05, 3.63) is 20.4 Å². The fourth-order valence-corrected chi connectivity index (χ4v) is 1.96. The Morgan fingerprint density at radius 1 is 1.56 bits per heavy atom. The molecular weight excluding hydrogens is 336 g/mol. The molecule has 0 bridgehead atoms. The first kappa shape index (κ1) is 12.1. The molecule has 3 nitrogen and oxygen atoms in total. The summed E-state index contributed by atoms with van der Waals surface area (Å²) in [7, 11) is 3.87. The van der Waals surface area contributed by atoms with Crippen LogP contribution in [0.15, 0.2) is 11.1 Å². The molecule has 1 aromatic rings. The van der Waals surface area contributed by atoms with E-state index in [1.54, 1.807) is 6.34 Å². The maximum atomic E-state index is 6.17. The maximum Gasteiger partial charge on any atom is 0.168 e. The maximum absolute atomic E-state index is 6.17. The van der Waals surface area contributed by atoms with Crippen LogP contribution in [0.25, 0.3) is 0 Å². The van der Waals surface area contributed by atoms with Crippen LogP contribution >= 0.6 is 34.2 Å². The van der Waals surface area contributed by atoms with E-state index in [4.69, 9.17) is 11.6 Å². The van der Waals surface area contributed by atoms with Crippen LogP contribution < -0.4 is 0 Å². The summed E-state index contributed by atoms with van der Waals surface area (Å²) < 4.78 is 0.918. The van der Waals surface area contributed by atoms with Gasteiger partial charge in [-0.05, 0) is 41.5 Å². The van der Waals surface area contributed by atoms with Gasteiger partial charge in [-0.1, -0.05) is 11.6 Å². The Hall–Kier alpha value is -0.360. The van der Waals surface area contributed by atoms with E-state index < -0.39 is 0 Å². The number of pyridine rings is 1. The summed E-state index contributed by atoms with van der Waals surface area (Å²) in [5, 5.41) is 0.753. The molecule has 0 atom stereocenters. The Bertz CT molecular complexity index is 427. The molecule has 1 heterocycles. The minimum Gasteiger partial charge on any atom is -0.369 e. The summed E-state index contributed by atoms with van der Waals surface area (Å²) in [4.78, 5) is 10.8. The normalized spacial score (nSPS) is 15.8. The summed E-state index contributed by atoms with van der Waals surface area (Å²) in [6.07, 6.45) is 4.19. The summed E-state index contributed by atoms with van der Waals surface area (Å²) >= 11 is 8.36. The van der Waals surface area contributed by atoms with Gasteiger partial charge in [0.05, 0.1) is 14.9 Å². The van der Waals surface area contributed by atoms with Crippen molar-refractivity contribution in [1.82, 2.24) is 9.88 Å². The van der Waals surface area contributed by atoms with Crippen molar-refractivity contribution >= 4 is 46.3 Å². The standard InChI is InChI=1S/C11H13ClIN3/c1-16(2)6-14-11-10(13)8(12)5-9(15-11)7-3-4-7/h5-7H,3-4H2,1-2H3/b14-6+. The van der Waals surface area contributed by atoms with Gasteiger partial charge in [0.1, 0.15) is 0 Å². The number of hydrogen-bond acceptors (Lipinski definition) is 2. The Labute approximate surface area is 114 Å². The van der Waals surface area contributed by atoms with Crippen molar-refractivity contribution in [3.8, 4) is 0 Å². The van der Waals surface area contributed by atoms with E-state index in [0.29, 0.717) is 5.92 Å². The second kappa shape index (κ2) is 4.87. The monoisotopic (exact) mass is 349 g/mol. The van der Waals surface area contributed by atoms with E-state index in [0.717, 1.165) is 20.1 Å². The van der Waals surface area contributed by atoms with E-state index in [2.05, 4.69) is 32.6 Å². The average Bonchev–Trinajstić information content (AvgIpc) is 3.03. The van der Waals surface area contributed by atoms with Crippen molar-refractivity contribution in [3.63, 3.8) is 0 Å². The summed E-state index contributed by atoms with van der Waals surface area (Å²) in [5.74, 6) is 1.33. The minimum atomic E-state index is 0.600. The van der Waals surface area contributed by atoms with Crippen LogP contribution in [-0.4, -0.2) is 30.3 Å². The van der Waals surface area contributed by atoms with Gasteiger partial charge in [-0.2, -0.15) is 0 Å². The molecule has 0 radical (unpaired) electrons. The number of halogens is 2. The molecule has 2 rings (SSSR count). The highest BCUT2D eigenvalue weighted by molar-refractivity contribution is 14.1. The fourth-order valence-electron chi connectivity index (χ4n) is 1.35. The topological polar surface area (TPSA) is 28.5 Å². The highest BCUT2D eigenvalue weighted by Gasteiger charge is 2.26. The number of aliphatic imine (C=N–C) groups is 1. The molecule has 0 unspecified atom stereocenters. The Balaban J connectivity index is 2.34. The van der Waals surface area contributed by atoms with Gasteiger partial charge in [-0.25, -0.2) is 9.98 Å². The van der Waals surface area contributed by atoms with Crippen LogP contribution in [0, 0.1) is 3.57 Å². The molecule has 86 valence electrons. The molecular formula is C11H13ClIN3.